The van der Waals surface area contributed by atoms with Crippen molar-refractivity contribution in [3.05, 3.63) is 25.3 Å². The second-order valence-electron chi connectivity index (χ2n) is 4.32. The predicted molar refractivity (Wildman–Crippen MR) is 66.4 cm³/mol. The Morgan fingerprint density at radius 2 is 1.93 bits per heavy atom. The first kappa shape index (κ1) is 13.5. The molecule has 0 nitrogen and oxygen atoms in total. The molecule has 0 aromatic heterocycles. The minimum atomic E-state index is 0.676. The molecule has 14 heavy (non-hydrogen) atoms. The second kappa shape index (κ2) is 9.05. The Morgan fingerprint density at radius 1 is 1.21 bits per heavy atom. The number of unbranched alkanes of at least 4 members (excludes halogenated alkanes) is 1. The van der Waals surface area contributed by atoms with Gasteiger partial charge in [-0.15, -0.1) is 13.2 Å². The van der Waals surface area contributed by atoms with E-state index in [4.69, 9.17) is 0 Å². The molecule has 2 unspecified atom stereocenters. The topological polar surface area (TPSA) is 0 Å². The lowest BCUT2D eigenvalue weighted by molar-refractivity contribution is 0.370. The van der Waals surface area contributed by atoms with Gasteiger partial charge in [0, 0.05) is 0 Å². The summed E-state index contributed by atoms with van der Waals surface area (Å²) in [5, 5.41) is 0. The predicted octanol–water partition coefficient (Wildman–Crippen LogP) is 4.97. The Hall–Kier alpha value is -0.520. The van der Waals surface area contributed by atoms with Crippen molar-refractivity contribution >= 4 is 0 Å². The fourth-order valence-electron chi connectivity index (χ4n) is 1.96. The molecule has 0 amide bonds. The van der Waals surface area contributed by atoms with Crippen LogP contribution in [0.2, 0.25) is 0 Å². The summed E-state index contributed by atoms with van der Waals surface area (Å²) in [5.41, 5.74) is 0. The van der Waals surface area contributed by atoms with Gasteiger partial charge < -0.3 is 0 Å². The van der Waals surface area contributed by atoms with Crippen molar-refractivity contribution in [1.82, 2.24) is 0 Å². The molecule has 82 valence electrons. The fraction of sp³-hybridized carbons (Fsp3) is 0.714. The van der Waals surface area contributed by atoms with E-state index in [-0.39, 0.29) is 0 Å². The third-order valence-corrected chi connectivity index (χ3v) is 2.83. The molecule has 0 saturated carbocycles. The number of allylic oxidation sites excluding steroid dienone is 2. The van der Waals surface area contributed by atoms with Crippen molar-refractivity contribution in [3.8, 4) is 0 Å². The summed E-state index contributed by atoms with van der Waals surface area (Å²) in [6.45, 7) is 12.2. The van der Waals surface area contributed by atoms with Crippen LogP contribution in [0.15, 0.2) is 25.3 Å². The van der Waals surface area contributed by atoms with Crippen LogP contribution in [0.5, 0.6) is 0 Å². The molecular weight excluding hydrogens is 168 g/mol. The molecular formula is C14H26. The van der Waals surface area contributed by atoms with Crippen LogP contribution in [0.3, 0.4) is 0 Å². The summed E-state index contributed by atoms with van der Waals surface area (Å²) >= 11 is 0. The highest BCUT2D eigenvalue weighted by molar-refractivity contribution is 4.78. The van der Waals surface area contributed by atoms with Gasteiger partial charge >= 0.3 is 0 Å². The summed E-state index contributed by atoms with van der Waals surface area (Å²) in [7, 11) is 0. The van der Waals surface area contributed by atoms with Gasteiger partial charge in [-0.05, 0) is 31.1 Å². The van der Waals surface area contributed by atoms with Crippen molar-refractivity contribution in [1.29, 1.82) is 0 Å². The minimum Gasteiger partial charge on any atom is -0.103 e. The quantitative estimate of drug-likeness (QED) is 0.359. The molecule has 0 radical (unpaired) electrons. The third-order valence-electron chi connectivity index (χ3n) is 2.83. The molecule has 0 rings (SSSR count). The van der Waals surface area contributed by atoms with Gasteiger partial charge in [0.25, 0.3) is 0 Å². The second-order valence-corrected chi connectivity index (χ2v) is 4.32. The molecule has 0 heterocycles. The molecule has 0 aliphatic carbocycles. The zero-order chi connectivity index (χ0) is 10.8. The highest BCUT2D eigenvalue weighted by Gasteiger charge is 2.09. The Labute approximate surface area is 90.1 Å². The van der Waals surface area contributed by atoms with E-state index in [1.165, 1.54) is 38.5 Å². The number of rotatable bonds is 9. The fourth-order valence-corrected chi connectivity index (χ4v) is 1.96. The van der Waals surface area contributed by atoms with Gasteiger partial charge in [-0.3, -0.25) is 0 Å². The van der Waals surface area contributed by atoms with Gasteiger partial charge in [-0.25, -0.2) is 0 Å². The van der Waals surface area contributed by atoms with E-state index in [0.717, 1.165) is 5.92 Å². The van der Waals surface area contributed by atoms with Gasteiger partial charge in [0.2, 0.25) is 0 Å². The van der Waals surface area contributed by atoms with Crippen LogP contribution in [0.4, 0.5) is 0 Å². The first-order valence-electron chi connectivity index (χ1n) is 5.98. The maximum absolute atomic E-state index is 3.85. The third kappa shape index (κ3) is 6.94. The van der Waals surface area contributed by atoms with E-state index >= 15 is 0 Å². The van der Waals surface area contributed by atoms with Crippen LogP contribution < -0.4 is 0 Å². The smallest absolute Gasteiger partial charge is 0.0262 e. The lowest BCUT2D eigenvalue weighted by Gasteiger charge is -2.18. The molecule has 0 aromatic carbocycles. The van der Waals surface area contributed by atoms with E-state index in [0.29, 0.717) is 5.92 Å². The Bertz CT molecular complexity index is 146. The summed E-state index contributed by atoms with van der Waals surface area (Å²) in [6, 6.07) is 0. The molecule has 0 spiro atoms. The van der Waals surface area contributed by atoms with Crippen molar-refractivity contribution in [2.45, 2.75) is 52.4 Å². The number of hydrogen-bond acceptors (Lipinski definition) is 0. The van der Waals surface area contributed by atoms with Crippen LogP contribution >= 0.6 is 0 Å². The average molecular weight is 194 g/mol. The first-order chi connectivity index (χ1) is 6.74. The monoisotopic (exact) mass is 194 g/mol. The maximum Gasteiger partial charge on any atom is -0.0262 e. The Kier molecular flexibility index (Phi) is 8.72. The molecule has 0 saturated heterocycles. The van der Waals surface area contributed by atoms with Crippen LogP contribution in [0.1, 0.15) is 52.4 Å². The molecule has 0 aliphatic heterocycles. The normalized spacial score (nSPS) is 14.7. The van der Waals surface area contributed by atoms with Crippen LogP contribution in [0, 0.1) is 11.8 Å². The van der Waals surface area contributed by atoms with Crippen molar-refractivity contribution in [2.75, 3.05) is 0 Å². The van der Waals surface area contributed by atoms with Gasteiger partial charge in [0.1, 0.15) is 0 Å². The van der Waals surface area contributed by atoms with E-state index in [9.17, 15) is 0 Å². The van der Waals surface area contributed by atoms with Gasteiger partial charge in [0.15, 0.2) is 0 Å². The van der Waals surface area contributed by atoms with Crippen LogP contribution in [0.25, 0.3) is 0 Å². The van der Waals surface area contributed by atoms with Crippen molar-refractivity contribution in [2.24, 2.45) is 11.8 Å². The standard InChI is InChI=1S/C14H26/c1-5-8-9-11-14(10-6-2)12-13(4)7-3/h5,7,13-14H,1,3,6,8-12H2,2,4H3. The summed E-state index contributed by atoms with van der Waals surface area (Å²) in [6.07, 6.45) is 11.9. The van der Waals surface area contributed by atoms with Crippen molar-refractivity contribution in [3.63, 3.8) is 0 Å². The Morgan fingerprint density at radius 3 is 2.43 bits per heavy atom. The average Bonchev–Trinajstić information content (AvgIpc) is 2.18. The molecule has 0 fully saturated rings. The number of hydrogen-bond donors (Lipinski definition) is 0. The van der Waals surface area contributed by atoms with E-state index in [2.05, 4.69) is 33.1 Å². The Balaban J connectivity index is 3.75. The largest absolute Gasteiger partial charge is 0.103 e. The van der Waals surface area contributed by atoms with E-state index in [1.807, 2.05) is 6.08 Å². The lowest BCUT2D eigenvalue weighted by atomic mass is 9.88. The van der Waals surface area contributed by atoms with Gasteiger partial charge in [-0.1, -0.05) is 45.3 Å². The zero-order valence-corrected chi connectivity index (χ0v) is 9.97. The summed E-state index contributed by atoms with van der Waals surface area (Å²) in [5.74, 6) is 1.57. The van der Waals surface area contributed by atoms with Gasteiger partial charge in [-0.2, -0.15) is 0 Å². The maximum atomic E-state index is 3.85. The first-order valence-corrected chi connectivity index (χ1v) is 5.98. The SMILES string of the molecule is C=CCCCC(CCC)CC(C)C=C. The lowest BCUT2D eigenvalue weighted by Crippen LogP contribution is -2.05. The van der Waals surface area contributed by atoms with Crippen molar-refractivity contribution < 1.29 is 0 Å². The molecule has 0 N–H and O–H groups in total. The molecule has 2 atom stereocenters. The molecule has 0 bridgehead atoms. The van der Waals surface area contributed by atoms with Crippen LogP contribution in [-0.4, -0.2) is 0 Å². The highest BCUT2D eigenvalue weighted by atomic mass is 14.2. The minimum absolute atomic E-state index is 0.676. The highest BCUT2D eigenvalue weighted by Crippen LogP contribution is 2.23. The zero-order valence-electron chi connectivity index (χ0n) is 9.97. The summed E-state index contributed by atoms with van der Waals surface area (Å²) < 4.78 is 0. The summed E-state index contributed by atoms with van der Waals surface area (Å²) in [4.78, 5) is 0. The van der Waals surface area contributed by atoms with E-state index < -0.39 is 0 Å². The van der Waals surface area contributed by atoms with E-state index in [1.54, 1.807) is 0 Å². The molecule has 0 heteroatoms. The van der Waals surface area contributed by atoms with Gasteiger partial charge in [0.05, 0.1) is 0 Å². The van der Waals surface area contributed by atoms with Crippen LogP contribution in [-0.2, 0) is 0 Å². The molecule has 0 aliphatic rings. The molecule has 0 aromatic rings.